The lowest BCUT2D eigenvalue weighted by molar-refractivity contribution is 0.0517. The molecule has 0 radical (unpaired) electrons. The van der Waals surface area contributed by atoms with Crippen LogP contribution in [0.15, 0.2) is 72.9 Å². The predicted molar refractivity (Wildman–Crippen MR) is 138 cm³/mol. The van der Waals surface area contributed by atoms with Crippen molar-refractivity contribution < 1.29 is 19.1 Å². The summed E-state index contributed by atoms with van der Waals surface area (Å²) in [5.41, 5.74) is 2.12. The number of pyridine rings is 1. The van der Waals surface area contributed by atoms with Crippen molar-refractivity contribution in [1.82, 2.24) is 14.8 Å². The summed E-state index contributed by atoms with van der Waals surface area (Å²) in [6.45, 7) is 1.22. The minimum absolute atomic E-state index is 0.00878. The van der Waals surface area contributed by atoms with Gasteiger partial charge in [0.25, 0.3) is 11.8 Å². The van der Waals surface area contributed by atoms with Gasteiger partial charge in [-0.25, -0.2) is 0 Å². The number of piperidine rings is 1. The maximum atomic E-state index is 13.4. The van der Waals surface area contributed by atoms with E-state index < -0.39 is 0 Å². The van der Waals surface area contributed by atoms with Crippen molar-refractivity contribution in [2.75, 3.05) is 34.4 Å². The predicted octanol–water partition coefficient (Wildman–Crippen LogP) is 4.33. The molecular formula is C29H33N3O4. The molecule has 1 aliphatic heterocycles. The first-order valence-electron chi connectivity index (χ1n) is 12.3. The highest BCUT2D eigenvalue weighted by molar-refractivity contribution is 5.98. The van der Waals surface area contributed by atoms with E-state index in [1.807, 2.05) is 47.2 Å². The molecule has 2 amide bonds. The number of hydrogen-bond donors (Lipinski definition) is 0. The normalized spacial score (nSPS) is 14.7. The number of hydrogen-bond acceptors (Lipinski definition) is 5. The number of nitrogens with zero attached hydrogens (tertiary/aromatic N) is 3. The number of rotatable bonds is 8. The molecule has 0 bridgehead atoms. The van der Waals surface area contributed by atoms with E-state index in [2.05, 4.69) is 17.1 Å². The molecule has 36 heavy (non-hydrogen) atoms. The van der Waals surface area contributed by atoms with Crippen LogP contribution >= 0.6 is 0 Å². The van der Waals surface area contributed by atoms with Crippen LogP contribution in [0.5, 0.6) is 11.5 Å². The van der Waals surface area contributed by atoms with Crippen molar-refractivity contribution in [2.45, 2.75) is 25.3 Å². The van der Waals surface area contributed by atoms with E-state index in [-0.39, 0.29) is 23.8 Å². The molecule has 0 N–H and O–H groups in total. The summed E-state index contributed by atoms with van der Waals surface area (Å²) in [5.74, 6) is 1.09. The Bertz CT molecular complexity index is 1160. The molecule has 0 unspecified atom stereocenters. The smallest absolute Gasteiger partial charge is 0.272 e. The second kappa shape index (κ2) is 11.7. The van der Waals surface area contributed by atoms with Crippen LogP contribution in [0.3, 0.4) is 0 Å². The molecular weight excluding hydrogens is 454 g/mol. The number of likely N-dealkylation sites (tertiary alicyclic amines) is 1. The highest BCUT2D eigenvalue weighted by Crippen LogP contribution is 2.33. The molecule has 7 heteroatoms. The maximum absolute atomic E-state index is 13.4. The summed E-state index contributed by atoms with van der Waals surface area (Å²) in [4.78, 5) is 34.6. The lowest BCUT2D eigenvalue weighted by Crippen LogP contribution is -2.48. The fourth-order valence-electron chi connectivity index (χ4n) is 5.01. The summed E-state index contributed by atoms with van der Waals surface area (Å²) in [6, 6.07) is 21.0. The van der Waals surface area contributed by atoms with Crippen LogP contribution in [0.1, 0.15) is 39.3 Å². The molecule has 4 rings (SSSR count). The number of likely N-dealkylation sites (N-methyl/N-ethyl adjacent to an activating group) is 1. The molecule has 1 aliphatic rings. The van der Waals surface area contributed by atoms with Crippen molar-refractivity contribution in [3.63, 3.8) is 0 Å². The molecule has 2 aromatic carbocycles. The van der Waals surface area contributed by atoms with Gasteiger partial charge in [0.05, 0.1) is 19.8 Å². The van der Waals surface area contributed by atoms with E-state index >= 15 is 0 Å². The van der Waals surface area contributed by atoms with E-state index in [1.165, 1.54) is 5.56 Å². The molecule has 1 fully saturated rings. The fraction of sp³-hybridized carbons (Fsp3) is 0.345. The van der Waals surface area contributed by atoms with Crippen LogP contribution in [0.4, 0.5) is 0 Å². The van der Waals surface area contributed by atoms with Gasteiger partial charge in [-0.1, -0.05) is 42.5 Å². The van der Waals surface area contributed by atoms with Gasteiger partial charge in [-0.05, 0) is 55.0 Å². The van der Waals surface area contributed by atoms with Crippen LogP contribution in [-0.4, -0.2) is 67.0 Å². The zero-order chi connectivity index (χ0) is 25.5. The lowest BCUT2D eigenvalue weighted by Gasteiger charge is -2.40. The number of carbonyl (C=O) groups is 2. The van der Waals surface area contributed by atoms with E-state index in [0.717, 1.165) is 19.3 Å². The van der Waals surface area contributed by atoms with Gasteiger partial charge in [0, 0.05) is 32.4 Å². The first-order valence-corrected chi connectivity index (χ1v) is 12.3. The number of methoxy groups -OCH3 is 2. The Hall–Kier alpha value is -3.87. The topological polar surface area (TPSA) is 72.0 Å². The van der Waals surface area contributed by atoms with Crippen molar-refractivity contribution in [3.8, 4) is 11.5 Å². The number of aromatic nitrogens is 1. The third-order valence-corrected chi connectivity index (χ3v) is 6.99. The minimum atomic E-state index is -0.0869. The zero-order valence-corrected chi connectivity index (χ0v) is 21.1. The quantitative estimate of drug-likeness (QED) is 0.473. The molecule has 0 aliphatic carbocycles. The van der Waals surface area contributed by atoms with Gasteiger partial charge < -0.3 is 19.3 Å². The number of amides is 2. The summed E-state index contributed by atoms with van der Waals surface area (Å²) in [5, 5.41) is 0. The second-order valence-electron chi connectivity index (χ2n) is 9.06. The molecule has 188 valence electrons. The van der Waals surface area contributed by atoms with Gasteiger partial charge >= 0.3 is 0 Å². The van der Waals surface area contributed by atoms with Gasteiger partial charge in [0.15, 0.2) is 11.5 Å². The fourth-order valence-corrected chi connectivity index (χ4v) is 5.01. The SMILES string of the molecule is COc1cccc(C(=O)N2CCC([C@H](Cc3ccccc3)N(C)C(=O)c3ccccn3)CC2)c1OC. The molecule has 1 aromatic heterocycles. The standard InChI is InChI=1S/C29H33N3O4/c1-31(29(34)24-13-7-8-17-30-24)25(20-21-10-5-4-6-11-21)22-15-18-32(19-16-22)28(33)23-12-9-14-26(35-2)27(23)36-3/h4-14,17,22,25H,15-16,18-20H2,1-3H3/t25-/m0/s1. The van der Waals surface area contributed by atoms with Crippen molar-refractivity contribution in [1.29, 1.82) is 0 Å². The first kappa shape index (κ1) is 25.2. The average molecular weight is 488 g/mol. The summed E-state index contributed by atoms with van der Waals surface area (Å²) < 4.78 is 10.8. The summed E-state index contributed by atoms with van der Waals surface area (Å²) >= 11 is 0. The Kier molecular flexibility index (Phi) is 8.21. The van der Waals surface area contributed by atoms with Crippen molar-refractivity contribution in [3.05, 3.63) is 89.7 Å². The molecule has 1 atom stereocenters. The minimum Gasteiger partial charge on any atom is -0.493 e. The highest BCUT2D eigenvalue weighted by Gasteiger charge is 2.34. The number of benzene rings is 2. The molecule has 7 nitrogen and oxygen atoms in total. The van der Waals surface area contributed by atoms with Crippen LogP contribution in [-0.2, 0) is 6.42 Å². The zero-order valence-electron chi connectivity index (χ0n) is 21.1. The highest BCUT2D eigenvalue weighted by atomic mass is 16.5. The Morgan fingerprint density at radius 1 is 0.972 bits per heavy atom. The van der Waals surface area contributed by atoms with Crippen molar-refractivity contribution in [2.24, 2.45) is 5.92 Å². The van der Waals surface area contributed by atoms with Crippen LogP contribution in [0.25, 0.3) is 0 Å². The Labute approximate surface area is 212 Å². The first-order chi connectivity index (χ1) is 17.5. The maximum Gasteiger partial charge on any atom is 0.272 e. The molecule has 2 heterocycles. The van der Waals surface area contributed by atoms with E-state index in [4.69, 9.17) is 9.47 Å². The monoisotopic (exact) mass is 487 g/mol. The van der Waals surface area contributed by atoms with E-state index in [1.54, 1.807) is 44.7 Å². The van der Waals surface area contributed by atoms with Crippen molar-refractivity contribution >= 4 is 11.8 Å². The summed E-state index contributed by atoms with van der Waals surface area (Å²) in [7, 11) is 4.97. The van der Waals surface area contributed by atoms with E-state index in [0.29, 0.717) is 35.8 Å². The van der Waals surface area contributed by atoms with Crippen LogP contribution in [0.2, 0.25) is 0 Å². The number of ether oxygens (including phenoxy) is 2. The Morgan fingerprint density at radius 3 is 2.33 bits per heavy atom. The average Bonchev–Trinajstić information content (AvgIpc) is 2.95. The summed E-state index contributed by atoms with van der Waals surface area (Å²) in [6.07, 6.45) is 3.99. The van der Waals surface area contributed by atoms with Crippen LogP contribution < -0.4 is 9.47 Å². The largest absolute Gasteiger partial charge is 0.493 e. The van der Waals surface area contributed by atoms with Gasteiger partial charge in [0.2, 0.25) is 0 Å². The van der Waals surface area contributed by atoms with E-state index in [9.17, 15) is 9.59 Å². The van der Waals surface area contributed by atoms with Gasteiger partial charge in [-0.3, -0.25) is 14.6 Å². The Balaban J connectivity index is 1.51. The lowest BCUT2D eigenvalue weighted by atomic mass is 9.84. The Morgan fingerprint density at radius 2 is 1.69 bits per heavy atom. The molecule has 3 aromatic rings. The molecule has 0 spiro atoms. The molecule has 0 saturated carbocycles. The van der Waals surface area contributed by atoms with Crippen LogP contribution in [0, 0.1) is 5.92 Å². The van der Waals surface area contributed by atoms with Gasteiger partial charge in [-0.15, -0.1) is 0 Å². The second-order valence-corrected chi connectivity index (χ2v) is 9.06. The van der Waals surface area contributed by atoms with Gasteiger partial charge in [0.1, 0.15) is 5.69 Å². The number of para-hydroxylation sites is 1. The molecule has 1 saturated heterocycles. The third kappa shape index (κ3) is 5.51. The number of carbonyl (C=O) groups excluding carboxylic acids is 2. The van der Waals surface area contributed by atoms with Gasteiger partial charge in [-0.2, -0.15) is 0 Å². The third-order valence-electron chi connectivity index (χ3n) is 6.99.